The molecule has 0 radical (unpaired) electrons. The van der Waals surface area contributed by atoms with E-state index in [4.69, 9.17) is 4.74 Å². The Morgan fingerprint density at radius 2 is 1.69 bits per heavy atom. The number of unbranched alkanes of at least 4 members (excludes halogenated alkanes) is 4. The van der Waals surface area contributed by atoms with E-state index in [1.165, 1.54) is 95.5 Å². The number of fused-ring (bicyclic) bond motifs is 2. The van der Waals surface area contributed by atoms with Crippen molar-refractivity contribution in [1.82, 2.24) is 0 Å². The van der Waals surface area contributed by atoms with E-state index >= 15 is 4.39 Å². The first-order chi connectivity index (χ1) is 15.7. The fraction of sp³-hybridized carbons (Fsp3) is 0.800. The molecule has 3 aliphatic rings. The summed E-state index contributed by atoms with van der Waals surface area (Å²) in [4.78, 5) is 0. The lowest BCUT2D eigenvalue weighted by Crippen LogP contribution is -2.34. The largest absolute Gasteiger partial charge is 0.378 e. The normalized spacial score (nSPS) is 30.0. The molecule has 1 aromatic carbocycles. The molecule has 5 unspecified atom stereocenters. The van der Waals surface area contributed by atoms with Crippen LogP contribution in [-0.4, -0.2) is 12.7 Å². The summed E-state index contributed by atoms with van der Waals surface area (Å²) in [5.74, 6) is 2.97. The smallest absolute Gasteiger partial charge is 0.130 e. The van der Waals surface area contributed by atoms with Gasteiger partial charge in [-0.25, -0.2) is 4.39 Å². The molecule has 5 atom stereocenters. The van der Waals surface area contributed by atoms with Gasteiger partial charge in [0.25, 0.3) is 0 Å². The molecule has 1 aromatic rings. The van der Waals surface area contributed by atoms with Gasteiger partial charge in [0, 0.05) is 6.61 Å². The van der Waals surface area contributed by atoms with Crippen LogP contribution in [0.5, 0.6) is 0 Å². The van der Waals surface area contributed by atoms with Crippen molar-refractivity contribution in [2.45, 2.75) is 129 Å². The highest BCUT2D eigenvalue weighted by Crippen LogP contribution is 2.47. The molecule has 2 saturated carbocycles. The Labute approximate surface area is 196 Å². The van der Waals surface area contributed by atoms with Gasteiger partial charge in [-0.1, -0.05) is 64.5 Å². The van der Waals surface area contributed by atoms with E-state index in [1.807, 2.05) is 0 Å². The topological polar surface area (TPSA) is 9.23 Å². The highest BCUT2D eigenvalue weighted by atomic mass is 19.1. The number of ether oxygens (including phenoxy) is 1. The standard InChI is InChI=1S/C30H47FO/c1-3-5-7-8-9-22-10-16-28-25(19-22)14-17-29(30(28)31)26-12-11-24-21-27(32-18-6-4-2)15-13-23(24)20-26/h14,17,22-24,26-27H,3-13,15-16,18-21H2,1-2H3. The molecule has 0 aliphatic heterocycles. The summed E-state index contributed by atoms with van der Waals surface area (Å²) in [7, 11) is 0. The van der Waals surface area contributed by atoms with Gasteiger partial charge in [-0.15, -0.1) is 0 Å². The van der Waals surface area contributed by atoms with E-state index in [0.717, 1.165) is 48.3 Å². The van der Waals surface area contributed by atoms with Crippen LogP contribution in [0.4, 0.5) is 4.39 Å². The number of halogens is 1. The second kappa shape index (κ2) is 12.0. The summed E-state index contributed by atoms with van der Waals surface area (Å²) in [6, 6.07) is 4.48. The van der Waals surface area contributed by atoms with Crippen LogP contribution in [0.3, 0.4) is 0 Å². The average Bonchev–Trinajstić information content (AvgIpc) is 2.82. The van der Waals surface area contributed by atoms with Gasteiger partial charge >= 0.3 is 0 Å². The molecule has 0 bridgehead atoms. The zero-order chi connectivity index (χ0) is 22.3. The van der Waals surface area contributed by atoms with Crippen LogP contribution in [0, 0.1) is 23.6 Å². The van der Waals surface area contributed by atoms with E-state index in [1.54, 1.807) is 0 Å². The molecule has 32 heavy (non-hydrogen) atoms. The summed E-state index contributed by atoms with van der Waals surface area (Å²) < 4.78 is 21.8. The third-order valence-corrected chi connectivity index (χ3v) is 9.00. The molecule has 0 spiro atoms. The summed E-state index contributed by atoms with van der Waals surface area (Å²) in [5.41, 5.74) is 3.43. The molecule has 0 heterocycles. The van der Waals surface area contributed by atoms with Gasteiger partial charge in [0.1, 0.15) is 5.82 Å². The lowest BCUT2D eigenvalue weighted by Gasteiger charge is -2.42. The van der Waals surface area contributed by atoms with Gasteiger partial charge in [-0.3, -0.25) is 0 Å². The van der Waals surface area contributed by atoms with E-state index < -0.39 is 0 Å². The average molecular weight is 443 g/mol. The first-order valence-electron chi connectivity index (χ1n) is 14.1. The second-order valence-corrected chi connectivity index (χ2v) is 11.3. The van der Waals surface area contributed by atoms with Crippen molar-refractivity contribution < 1.29 is 9.13 Å². The second-order valence-electron chi connectivity index (χ2n) is 11.3. The van der Waals surface area contributed by atoms with E-state index in [-0.39, 0.29) is 5.82 Å². The summed E-state index contributed by atoms with van der Waals surface area (Å²) >= 11 is 0. The van der Waals surface area contributed by atoms with Gasteiger partial charge in [0.15, 0.2) is 0 Å². The quantitative estimate of drug-likeness (QED) is 0.329. The molecule has 2 fully saturated rings. The van der Waals surface area contributed by atoms with Gasteiger partial charge in [-0.05, 0) is 105 Å². The van der Waals surface area contributed by atoms with Crippen LogP contribution < -0.4 is 0 Å². The first-order valence-corrected chi connectivity index (χ1v) is 14.1. The van der Waals surface area contributed by atoms with E-state index in [2.05, 4.69) is 26.0 Å². The van der Waals surface area contributed by atoms with Crippen molar-refractivity contribution in [1.29, 1.82) is 0 Å². The first kappa shape index (κ1) is 24.2. The molecule has 0 aromatic heterocycles. The van der Waals surface area contributed by atoms with E-state index in [9.17, 15) is 0 Å². The van der Waals surface area contributed by atoms with Crippen LogP contribution >= 0.6 is 0 Å². The fourth-order valence-corrected chi connectivity index (χ4v) is 7.00. The molecular weight excluding hydrogens is 395 g/mol. The summed E-state index contributed by atoms with van der Waals surface area (Å²) in [5, 5.41) is 0. The van der Waals surface area contributed by atoms with Crippen molar-refractivity contribution in [2.24, 2.45) is 17.8 Å². The molecule has 4 rings (SSSR count). The minimum atomic E-state index is 0.173. The monoisotopic (exact) mass is 442 g/mol. The molecule has 0 saturated heterocycles. The van der Waals surface area contributed by atoms with Crippen molar-refractivity contribution in [3.63, 3.8) is 0 Å². The van der Waals surface area contributed by atoms with Gasteiger partial charge in [-0.2, -0.15) is 0 Å². The number of hydrogen-bond donors (Lipinski definition) is 0. The minimum Gasteiger partial charge on any atom is -0.378 e. The van der Waals surface area contributed by atoms with Crippen molar-refractivity contribution in [3.8, 4) is 0 Å². The predicted molar refractivity (Wildman–Crippen MR) is 133 cm³/mol. The van der Waals surface area contributed by atoms with Gasteiger partial charge in [0.05, 0.1) is 6.10 Å². The van der Waals surface area contributed by atoms with Crippen LogP contribution in [0.25, 0.3) is 0 Å². The third kappa shape index (κ3) is 5.96. The van der Waals surface area contributed by atoms with Crippen LogP contribution in [-0.2, 0) is 17.6 Å². The predicted octanol–water partition coefficient (Wildman–Crippen LogP) is 8.77. The number of rotatable bonds is 10. The van der Waals surface area contributed by atoms with E-state index in [0.29, 0.717) is 12.0 Å². The Bertz CT molecular complexity index is 713. The van der Waals surface area contributed by atoms with Gasteiger partial charge in [0.2, 0.25) is 0 Å². The minimum absolute atomic E-state index is 0.173. The Morgan fingerprint density at radius 3 is 2.53 bits per heavy atom. The fourth-order valence-electron chi connectivity index (χ4n) is 7.00. The number of hydrogen-bond acceptors (Lipinski definition) is 1. The molecule has 0 N–H and O–H groups in total. The summed E-state index contributed by atoms with van der Waals surface area (Å²) in [6.45, 7) is 5.44. The lowest BCUT2D eigenvalue weighted by atomic mass is 9.65. The number of benzene rings is 1. The highest BCUT2D eigenvalue weighted by molar-refractivity contribution is 5.38. The molecular formula is C30H47FO. The Hall–Kier alpha value is -0.890. The molecule has 180 valence electrons. The molecule has 0 amide bonds. The zero-order valence-corrected chi connectivity index (χ0v) is 20.8. The molecule has 1 nitrogen and oxygen atoms in total. The maximum atomic E-state index is 15.7. The van der Waals surface area contributed by atoms with Crippen LogP contribution in [0.15, 0.2) is 12.1 Å². The Morgan fingerprint density at radius 1 is 0.875 bits per heavy atom. The zero-order valence-electron chi connectivity index (χ0n) is 20.8. The molecule has 2 heteroatoms. The maximum Gasteiger partial charge on any atom is 0.130 e. The van der Waals surface area contributed by atoms with Crippen molar-refractivity contribution in [2.75, 3.05) is 6.61 Å². The highest BCUT2D eigenvalue weighted by Gasteiger charge is 2.37. The van der Waals surface area contributed by atoms with Gasteiger partial charge < -0.3 is 4.74 Å². The SMILES string of the molecule is CCCCCCC1CCc2c(ccc(C3CCC4CC(OCCCC)CCC4C3)c2F)C1. The Kier molecular flexibility index (Phi) is 9.09. The summed E-state index contributed by atoms with van der Waals surface area (Å²) in [6.07, 6.45) is 20.2. The van der Waals surface area contributed by atoms with Crippen LogP contribution in [0.2, 0.25) is 0 Å². The Balaban J connectivity index is 1.32. The molecule has 3 aliphatic carbocycles. The van der Waals surface area contributed by atoms with Crippen molar-refractivity contribution in [3.05, 3.63) is 34.6 Å². The third-order valence-electron chi connectivity index (χ3n) is 9.00. The van der Waals surface area contributed by atoms with Crippen molar-refractivity contribution >= 4 is 0 Å². The lowest BCUT2D eigenvalue weighted by molar-refractivity contribution is -0.0161. The maximum absolute atomic E-state index is 15.7. The van der Waals surface area contributed by atoms with Crippen LogP contribution in [0.1, 0.15) is 126 Å².